The average Bonchev–Trinajstić information content (AvgIpc) is 2.53. The molecule has 0 heterocycles. The van der Waals surface area contributed by atoms with Crippen LogP contribution in [0.1, 0.15) is 0 Å². The number of azo groups is 1. The van der Waals surface area contributed by atoms with E-state index in [0.29, 0.717) is 17.1 Å². The second-order valence-electron chi connectivity index (χ2n) is 4.69. The zero-order chi connectivity index (χ0) is 18.4. The largest absolute Gasteiger partial charge is 0.370 e. The molecule has 0 aromatic heterocycles. The molecular weight excluding hydrogens is 346 g/mol. The molecule has 0 fully saturated rings. The lowest BCUT2D eigenvalue weighted by atomic mass is 10.3. The molecular formula is C14H15N7O3S. The van der Waals surface area contributed by atoms with E-state index in [0.717, 1.165) is 0 Å². The van der Waals surface area contributed by atoms with Crippen molar-refractivity contribution in [1.29, 1.82) is 0 Å². The summed E-state index contributed by atoms with van der Waals surface area (Å²) >= 11 is 0. The standard InChI is InChI=1S/C14H15N7O3S/c15-13(16)19-14(17)18-9-1-3-10(4-2-9)20-21-11-5-7-12(8-6-11)25(22,23)24/h1-8H,(H,22,23,24)(H6,15,16,17,18,19). The maximum atomic E-state index is 11.0. The molecule has 10 nitrogen and oxygen atoms in total. The molecule has 0 amide bonds. The fraction of sp³-hybridized carbons (Fsp3) is 0. The molecule has 7 N–H and O–H groups in total. The molecule has 130 valence electrons. The maximum Gasteiger partial charge on any atom is 0.294 e. The van der Waals surface area contributed by atoms with Crippen LogP contribution >= 0.6 is 0 Å². The summed E-state index contributed by atoms with van der Waals surface area (Å²) in [6.45, 7) is 0. The van der Waals surface area contributed by atoms with Crippen LogP contribution in [0, 0.1) is 0 Å². The number of nitrogens with two attached hydrogens (primary N) is 3. The van der Waals surface area contributed by atoms with Gasteiger partial charge in [0.05, 0.1) is 22.0 Å². The number of hydrogen-bond donors (Lipinski definition) is 4. The van der Waals surface area contributed by atoms with E-state index in [1.54, 1.807) is 24.3 Å². The molecule has 0 radical (unpaired) electrons. The third-order valence-corrected chi connectivity index (χ3v) is 3.62. The van der Waals surface area contributed by atoms with E-state index in [9.17, 15) is 8.42 Å². The predicted octanol–water partition coefficient (Wildman–Crippen LogP) is 1.57. The molecule has 0 aliphatic rings. The third kappa shape index (κ3) is 5.67. The van der Waals surface area contributed by atoms with Gasteiger partial charge < -0.3 is 17.2 Å². The Hall–Kier alpha value is -3.31. The van der Waals surface area contributed by atoms with Crippen LogP contribution in [0.3, 0.4) is 0 Å². The van der Waals surface area contributed by atoms with Gasteiger partial charge >= 0.3 is 0 Å². The van der Waals surface area contributed by atoms with Crippen LogP contribution in [0.2, 0.25) is 0 Å². The first-order chi connectivity index (χ1) is 11.7. The first-order valence-corrected chi connectivity index (χ1v) is 8.21. The van der Waals surface area contributed by atoms with Crippen molar-refractivity contribution in [3.63, 3.8) is 0 Å². The maximum absolute atomic E-state index is 11.0. The van der Waals surface area contributed by atoms with E-state index in [-0.39, 0.29) is 16.8 Å². The smallest absolute Gasteiger partial charge is 0.294 e. The molecule has 25 heavy (non-hydrogen) atoms. The van der Waals surface area contributed by atoms with Crippen LogP contribution < -0.4 is 17.2 Å². The van der Waals surface area contributed by atoms with Crippen LogP contribution in [-0.4, -0.2) is 24.9 Å². The lowest BCUT2D eigenvalue weighted by Gasteiger charge is -1.98. The Morgan fingerprint density at radius 3 is 1.68 bits per heavy atom. The molecule has 11 heteroatoms. The molecule has 0 saturated carbocycles. The zero-order valence-electron chi connectivity index (χ0n) is 12.8. The van der Waals surface area contributed by atoms with Crippen molar-refractivity contribution in [2.45, 2.75) is 4.90 Å². The van der Waals surface area contributed by atoms with Gasteiger partial charge in [0.1, 0.15) is 0 Å². The third-order valence-electron chi connectivity index (χ3n) is 2.75. The Kier molecular flexibility index (Phi) is 5.41. The van der Waals surface area contributed by atoms with E-state index in [1.807, 2.05) is 0 Å². The normalized spacial score (nSPS) is 12.3. The second-order valence-corrected chi connectivity index (χ2v) is 6.11. The minimum Gasteiger partial charge on any atom is -0.370 e. The first kappa shape index (κ1) is 18.0. The fourth-order valence-corrected chi connectivity index (χ4v) is 2.16. The zero-order valence-corrected chi connectivity index (χ0v) is 13.6. The van der Waals surface area contributed by atoms with Gasteiger partial charge in [0, 0.05) is 0 Å². The predicted molar refractivity (Wildman–Crippen MR) is 94.0 cm³/mol. The van der Waals surface area contributed by atoms with Crippen LogP contribution in [0.5, 0.6) is 0 Å². The number of rotatable bonds is 4. The van der Waals surface area contributed by atoms with Crippen molar-refractivity contribution in [3.8, 4) is 0 Å². The molecule has 0 saturated heterocycles. The van der Waals surface area contributed by atoms with Gasteiger partial charge in [-0.3, -0.25) is 4.55 Å². The van der Waals surface area contributed by atoms with E-state index in [2.05, 4.69) is 20.2 Å². The number of hydrogen-bond acceptors (Lipinski definition) is 5. The molecule has 2 aromatic rings. The SMILES string of the molecule is NC(N)=NC(N)=Nc1ccc(N=Nc2ccc(S(=O)(=O)O)cc2)cc1. The van der Waals surface area contributed by atoms with Gasteiger partial charge in [0.15, 0.2) is 5.96 Å². The van der Waals surface area contributed by atoms with Crippen molar-refractivity contribution in [2.75, 3.05) is 0 Å². The van der Waals surface area contributed by atoms with Gasteiger partial charge in [-0.1, -0.05) is 0 Å². The quantitative estimate of drug-likeness (QED) is 0.277. The van der Waals surface area contributed by atoms with Crippen molar-refractivity contribution in [3.05, 3.63) is 48.5 Å². The Bertz CT molecular complexity index is 929. The Balaban J connectivity index is 2.11. The van der Waals surface area contributed by atoms with E-state index >= 15 is 0 Å². The highest BCUT2D eigenvalue weighted by Gasteiger charge is 2.07. The minimum atomic E-state index is -4.23. The summed E-state index contributed by atoms with van der Waals surface area (Å²) in [6, 6.07) is 11.9. The van der Waals surface area contributed by atoms with Crippen LogP contribution in [0.25, 0.3) is 0 Å². The highest BCUT2D eigenvalue weighted by molar-refractivity contribution is 7.85. The van der Waals surface area contributed by atoms with Crippen molar-refractivity contribution in [1.82, 2.24) is 0 Å². The summed E-state index contributed by atoms with van der Waals surface area (Å²) in [6.07, 6.45) is 0. The average molecular weight is 361 g/mol. The summed E-state index contributed by atoms with van der Waals surface area (Å²) in [5, 5.41) is 7.97. The lowest BCUT2D eigenvalue weighted by Crippen LogP contribution is -2.26. The number of guanidine groups is 2. The van der Waals surface area contributed by atoms with Crippen LogP contribution in [-0.2, 0) is 10.1 Å². The molecule has 2 aromatic carbocycles. The lowest BCUT2D eigenvalue weighted by molar-refractivity contribution is 0.483. The Morgan fingerprint density at radius 2 is 1.24 bits per heavy atom. The molecule has 2 rings (SSSR count). The van der Waals surface area contributed by atoms with Gasteiger partial charge in [-0.15, -0.1) is 0 Å². The highest BCUT2D eigenvalue weighted by atomic mass is 32.2. The first-order valence-electron chi connectivity index (χ1n) is 6.77. The van der Waals surface area contributed by atoms with Gasteiger partial charge in [-0.25, -0.2) is 4.99 Å². The summed E-state index contributed by atoms with van der Waals surface area (Å²) in [7, 11) is -4.23. The van der Waals surface area contributed by atoms with E-state index in [1.165, 1.54) is 24.3 Å². The van der Waals surface area contributed by atoms with Crippen molar-refractivity contribution >= 4 is 39.1 Å². The topological polar surface area (TPSA) is 182 Å². The summed E-state index contributed by atoms with van der Waals surface area (Å²) in [5.74, 6) is -0.264. The van der Waals surface area contributed by atoms with Gasteiger partial charge in [0.2, 0.25) is 5.96 Å². The number of nitrogens with zero attached hydrogens (tertiary/aromatic N) is 4. The van der Waals surface area contributed by atoms with Crippen molar-refractivity contribution in [2.24, 2.45) is 37.4 Å². The molecule has 0 unspecified atom stereocenters. The van der Waals surface area contributed by atoms with Crippen LogP contribution in [0.4, 0.5) is 17.1 Å². The molecule has 0 aliphatic heterocycles. The van der Waals surface area contributed by atoms with E-state index < -0.39 is 10.1 Å². The summed E-state index contributed by atoms with van der Waals surface area (Å²) in [4.78, 5) is 7.36. The molecule has 0 atom stereocenters. The van der Waals surface area contributed by atoms with Gasteiger partial charge in [-0.2, -0.15) is 23.6 Å². The van der Waals surface area contributed by atoms with E-state index in [4.69, 9.17) is 21.8 Å². The monoisotopic (exact) mass is 361 g/mol. The van der Waals surface area contributed by atoms with Crippen molar-refractivity contribution < 1.29 is 13.0 Å². The second kappa shape index (κ2) is 7.51. The Labute approximate surface area is 143 Å². The highest BCUT2D eigenvalue weighted by Crippen LogP contribution is 2.22. The minimum absolute atomic E-state index is 0.0756. The Morgan fingerprint density at radius 1 is 0.800 bits per heavy atom. The van der Waals surface area contributed by atoms with Gasteiger partial charge in [-0.05, 0) is 48.5 Å². The molecule has 0 aliphatic carbocycles. The molecule has 0 bridgehead atoms. The molecule has 0 spiro atoms. The fourth-order valence-electron chi connectivity index (χ4n) is 1.68. The number of benzene rings is 2. The summed E-state index contributed by atoms with van der Waals surface area (Å²) < 4.78 is 30.8. The number of aliphatic imine (C=N–C) groups is 2. The summed E-state index contributed by atoms with van der Waals surface area (Å²) in [5.41, 5.74) is 17.4. The van der Waals surface area contributed by atoms with Gasteiger partial charge in [0.25, 0.3) is 10.1 Å². The van der Waals surface area contributed by atoms with Crippen LogP contribution in [0.15, 0.2) is 73.6 Å².